The van der Waals surface area contributed by atoms with Gasteiger partial charge in [-0.3, -0.25) is 0 Å². The Balaban J connectivity index is 2.76. The molecular weight excluding hydrogens is 296 g/mol. The molecule has 9 nitrogen and oxygen atoms in total. The molecule has 0 saturated carbocycles. The minimum Gasteiger partial charge on any atom is -0.394 e. The van der Waals surface area contributed by atoms with Crippen LogP contribution in [-0.2, 0) is 23.5 Å². The molecule has 0 radical (unpaired) electrons. The molecule has 1 aliphatic rings. The minimum absolute atomic E-state index is 0.0753. The summed E-state index contributed by atoms with van der Waals surface area (Å²) in [6.45, 7) is 2.62. The monoisotopic (exact) mass is 316 g/mol. The lowest BCUT2D eigenvalue weighted by molar-refractivity contribution is -0.282. The molecule has 1 aliphatic heterocycles. The van der Waals surface area contributed by atoms with E-state index in [2.05, 4.69) is 8.37 Å². The molecule has 0 aromatic carbocycles. The summed E-state index contributed by atoms with van der Waals surface area (Å²) in [4.78, 5) is 0. The fraction of sp³-hybridized carbons (Fsp3) is 1.00. The van der Waals surface area contributed by atoms with Gasteiger partial charge in [0.1, 0.15) is 24.4 Å². The molecule has 4 N–H and O–H groups in total. The average molecular weight is 316 g/mol. The van der Waals surface area contributed by atoms with E-state index in [4.69, 9.17) is 9.84 Å². The van der Waals surface area contributed by atoms with Gasteiger partial charge in [0.15, 0.2) is 6.29 Å². The number of ether oxygens (including phenoxy) is 1. The normalized spacial score (nSPS) is 35.5. The summed E-state index contributed by atoms with van der Waals surface area (Å²) in [5, 5.41) is 37.7. The maximum atomic E-state index is 11.5. The topological polar surface area (TPSA) is 143 Å². The van der Waals surface area contributed by atoms with E-state index in [1.807, 2.05) is 0 Å². The van der Waals surface area contributed by atoms with Crippen molar-refractivity contribution < 1.29 is 41.9 Å². The van der Waals surface area contributed by atoms with Crippen molar-refractivity contribution in [2.45, 2.75) is 44.6 Å². The van der Waals surface area contributed by atoms with E-state index in [1.165, 1.54) is 0 Å². The molecule has 0 aromatic heterocycles. The van der Waals surface area contributed by atoms with Crippen molar-refractivity contribution in [3.05, 3.63) is 0 Å². The Morgan fingerprint density at radius 2 is 1.80 bits per heavy atom. The highest BCUT2D eigenvalue weighted by Gasteiger charge is 2.46. The van der Waals surface area contributed by atoms with Crippen molar-refractivity contribution in [3.8, 4) is 0 Å². The summed E-state index contributed by atoms with van der Waals surface area (Å²) in [6, 6.07) is 0. The number of hydrogen-bond donors (Lipinski definition) is 4. The SMILES string of the molecule is CC(C)COS(=O)(=O)O[C@H]1[C@H](O)[C@@H](CO)OC(O)[C@@H]1O. The Labute approximate surface area is 117 Å². The third kappa shape index (κ3) is 4.60. The van der Waals surface area contributed by atoms with Crippen LogP contribution in [0.15, 0.2) is 0 Å². The zero-order valence-electron chi connectivity index (χ0n) is 11.1. The third-order valence-electron chi connectivity index (χ3n) is 2.62. The third-order valence-corrected chi connectivity index (χ3v) is 3.50. The van der Waals surface area contributed by atoms with Gasteiger partial charge in [0.2, 0.25) is 0 Å². The second kappa shape index (κ2) is 7.09. The lowest BCUT2D eigenvalue weighted by Gasteiger charge is -2.39. The predicted octanol–water partition coefficient (Wildman–Crippen LogP) is -2.28. The molecule has 1 saturated heterocycles. The van der Waals surface area contributed by atoms with Gasteiger partial charge >= 0.3 is 10.4 Å². The largest absolute Gasteiger partial charge is 0.400 e. The van der Waals surface area contributed by atoms with Gasteiger partial charge in [-0.05, 0) is 5.92 Å². The van der Waals surface area contributed by atoms with Crippen LogP contribution in [0, 0.1) is 5.92 Å². The maximum absolute atomic E-state index is 11.5. The molecule has 120 valence electrons. The second-order valence-corrected chi connectivity index (χ2v) is 6.12. The smallest absolute Gasteiger partial charge is 0.394 e. The highest BCUT2D eigenvalue weighted by atomic mass is 32.3. The van der Waals surface area contributed by atoms with Gasteiger partial charge < -0.3 is 25.2 Å². The minimum atomic E-state index is -4.47. The second-order valence-electron chi connectivity index (χ2n) is 4.88. The van der Waals surface area contributed by atoms with Crippen LogP contribution in [0.1, 0.15) is 13.8 Å². The van der Waals surface area contributed by atoms with Gasteiger partial charge in [-0.25, -0.2) is 8.37 Å². The van der Waals surface area contributed by atoms with Crippen LogP contribution in [0.5, 0.6) is 0 Å². The fourth-order valence-electron chi connectivity index (χ4n) is 1.56. The van der Waals surface area contributed by atoms with Gasteiger partial charge in [-0.1, -0.05) is 13.8 Å². The first-order chi connectivity index (χ1) is 9.18. The summed E-state index contributed by atoms with van der Waals surface area (Å²) >= 11 is 0. The molecule has 0 amide bonds. The first kappa shape index (κ1) is 17.7. The highest BCUT2D eigenvalue weighted by molar-refractivity contribution is 7.81. The Morgan fingerprint density at radius 1 is 1.20 bits per heavy atom. The number of aliphatic hydroxyl groups excluding tert-OH is 4. The number of hydrogen-bond acceptors (Lipinski definition) is 9. The van der Waals surface area contributed by atoms with Crippen molar-refractivity contribution >= 4 is 10.4 Å². The molecule has 0 aromatic rings. The Hall–Kier alpha value is -0.330. The van der Waals surface area contributed by atoms with E-state index in [0.717, 1.165) is 0 Å². The van der Waals surface area contributed by atoms with Gasteiger partial charge in [0.05, 0.1) is 13.2 Å². The van der Waals surface area contributed by atoms with Gasteiger partial charge in [-0.15, -0.1) is 0 Å². The molecular formula is C10H20O9S. The van der Waals surface area contributed by atoms with Crippen molar-refractivity contribution in [2.24, 2.45) is 5.92 Å². The van der Waals surface area contributed by atoms with Crippen LogP contribution in [0.3, 0.4) is 0 Å². The maximum Gasteiger partial charge on any atom is 0.400 e. The lowest BCUT2D eigenvalue weighted by Crippen LogP contribution is -2.59. The molecule has 20 heavy (non-hydrogen) atoms. The molecule has 1 heterocycles. The van der Waals surface area contributed by atoms with Crippen LogP contribution in [0.4, 0.5) is 0 Å². The van der Waals surface area contributed by atoms with Crippen molar-refractivity contribution in [1.29, 1.82) is 0 Å². The number of aliphatic hydroxyl groups is 4. The van der Waals surface area contributed by atoms with Gasteiger partial charge in [-0.2, -0.15) is 8.42 Å². The fourth-order valence-corrected chi connectivity index (χ4v) is 2.56. The van der Waals surface area contributed by atoms with Crippen LogP contribution in [0.2, 0.25) is 0 Å². The molecule has 0 aliphatic carbocycles. The van der Waals surface area contributed by atoms with E-state index < -0.39 is 47.7 Å². The molecule has 10 heteroatoms. The molecule has 1 fully saturated rings. The Kier molecular flexibility index (Phi) is 6.28. The Bertz CT molecular complexity index is 396. The van der Waals surface area contributed by atoms with E-state index in [-0.39, 0.29) is 12.5 Å². The summed E-state index contributed by atoms with van der Waals surface area (Å²) < 4.78 is 36.9. The van der Waals surface area contributed by atoms with Gasteiger partial charge in [0, 0.05) is 0 Å². The summed E-state index contributed by atoms with van der Waals surface area (Å²) in [7, 11) is -4.47. The van der Waals surface area contributed by atoms with Crippen LogP contribution >= 0.6 is 0 Å². The highest BCUT2D eigenvalue weighted by Crippen LogP contribution is 2.24. The van der Waals surface area contributed by atoms with E-state index in [9.17, 15) is 23.7 Å². The molecule has 1 rings (SSSR count). The van der Waals surface area contributed by atoms with Crippen molar-refractivity contribution in [3.63, 3.8) is 0 Å². The summed E-state index contributed by atoms with van der Waals surface area (Å²) in [5.74, 6) is -0.0753. The van der Waals surface area contributed by atoms with E-state index in [1.54, 1.807) is 13.8 Å². The first-order valence-corrected chi connectivity index (χ1v) is 7.39. The molecule has 5 atom stereocenters. The lowest BCUT2D eigenvalue weighted by atomic mass is 9.99. The Morgan fingerprint density at radius 3 is 2.30 bits per heavy atom. The standard InChI is InChI=1S/C10H20O9S/c1-5(2)4-17-20(15,16)19-9-7(12)6(3-11)18-10(14)8(9)13/h5-14H,3-4H2,1-2H3/t6-,7-,8-,9+,10?/m1/s1. The predicted molar refractivity (Wildman–Crippen MR) is 64.6 cm³/mol. The van der Waals surface area contributed by atoms with E-state index in [0.29, 0.717) is 0 Å². The zero-order chi connectivity index (χ0) is 15.5. The summed E-state index contributed by atoms with van der Waals surface area (Å²) in [6.07, 6.45) is -8.21. The van der Waals surface area contributed by atoms with Crippen molar-refractivity contribution in [1.82, 2.24) is 0 Å². The van der Waals surface area contributed by atoms with Crippen LogP contribution in [0.25, 0.3) is 0 Å². The first-order valence-electron chi connectivity index (χ1n) is 6.06. The van der Waals surface area contributed by atoms with Crippen molar-refractivity contribution in [2.75, 3.05) is 13.2 Å². The molecule has 0 spiro atoms. The van der Waals surface area contributed by atoms with E-state index >= 15 is 0 Å². The van der Waals surface area contributed by atoms with Crippen LogP contribution < -0.4 is 0 Å². The molecule has 1 unspecified atom stereocenters. The quantitative estimate of drug-likeness (QED) is 0.426. The molecule has 0 bridgehead atoms. The average Bonchev–Trinajstić information content (AvgIpc) is 2.37. The zero-order valence-corrected chi connectivity index (χ0v) is 11.9. The van der Waals surface area contributed by atoms with Gasteiger partial charge in [0.25, 0.3) is 0 Å². The number of rotatable bonds is 6. The summed E-state index contributed by atoms with van der Waals surface area (Å²) in [5.41, 5.74) is 0. The van der Waals surface area contributed by atoms with Crippen LogP contribution in [-0.4, -0.2) is 72.8 Å².